The predicted molar refractivity (Wildman–Crippen MR) is 115 cm³/mol. The normalized spacial score (nSPS) is 11.4. The summed E-state index contributed by atoms with van der Waals surface area (Å²) in [4.78, 5) is 24.4. The summed E-state index contributed by atoms with van der Waals surface area (Å²) >= 11 is 0. The molecule has 7 nitrogen and oxygen atoms in total. The Hall–Kier alpha value is -3.06. The van der Waals surface area contributed by atoms with E-state index in [1.807, 2.05) is 19.9 Å². The Morgan fingerprint density at radius 3 is 2.48 bits per heavy atom. The standard InChI is InChI=1S/C22H29N3O4/c1-4-16(2)24-22(27)17-6-5-7-19(14-17)23-15-21(26)25-18-8-10-20(11-9-18)29-13-12-28-3/h5-11,14,16,23H,4,12-13,15H2,1-3H3,(H,24,27)(H,25,26). The number of carbonyl (C=O) groups excluding carboxylic acids is 2. The van der Waals surface area contributed by atoms with Gasteiger partial charge in [0.05, 0.1) is 13.2 Å². The molecule has 0 saturated carbocycles. The molecule has 0 aromatic heterocycles. The van der Waals surface area contributed by atoms with Crippen molar-refractivity contribution in [3.8, 4) is 5.75 Å². The summed E-state index contributed by atoms with van der Waals surface area (Å²) in [5.41, 5.74) is 1.94. The first-order chi connectivity index (χ1) is 14.0. The van der Waals surface area contributed by atoms with E-state index in [9.17, 15) is 9.59 Å². The fourth-order valence-corrected chi connectivity index (χ4v) is 2.44. The molecule has 0 aliphatic carbocycles. The van der Waals surface area contributed by atoms with Crippen molar-refractivity contribution in [1.82, 2.24) is 5.32 Å². The summed E-state index contributed by atoms with van der Waals surface area (Å²) in [6.07, 6.45) is 0.865. The first-order valence-corrected chi connectivity index (χ1v) is 9.68. The van der Waals surface area contributed by atoms with Gasteiger partial charge in [0.2, 0.25) is 5.91 Å². The van der Waals surface area contributed by atoms with Gasteiger partial charge in [0, 0.05) is 30.1 Å². The van der Waals surface area contributed by atoms with E-state index in [0.717, 1.165) is 6.42 Å². The third kappa shape index (κ3) is 7.83. The number of carbonyl (C=O) groups is 2. The predicted octanol–water partition coefficient (Wildman–Crippen LogP) is 3.29. The van der Waals surface area contributed by atoms with Gasteiger partial charge in [-0.15, -0.1) is 0 Å². The lowest BCUT2D eigenvalue weighted by atomic mass is 10.1. The molecule has 0 aliphatic heterocycles. The minimum Gasteiger partial charge on any atom is -0.491 e. The number of methoxy groups -OCH3 is 1. The molecule has 2 rings (SSSR count). The van der Waals surface area contributed by atoms with Crippen LogP contribution in [-0.4, -0.2) is 44.7 Å². The summed E-state index contributed by atoms with van der Waals surface area (Å²) in [7, 11) is 1.62. The molecule has 0 saturated heterocycles. The van der Waals surface area contributed by atoms with Crippen LogP contribution in [0.5, 0.6) is 5.75 Å². The zero-order chi connectivity index (χ0) is 21.1. The van der Waals surface area contributed by atoms with Gasteiger partial charge in [-0.25, -0.2) is 0 Å². The van der Waals surface area contributed by atoms with Crippen LogP contribution in [0.2, 0.25) is 0 Å². The van der Waals surface area contributed by atoms with Crippen LogP contribution in [0.4, 0.5) is 11.4 Å². The Bertz CT molecular complexity index is 793. The van der Waals surface area contributed by atoms with Crippen LogP contribution in [0.25, 0.3) is 0 Å². The minimum absolute atomic E-state index is 0.0858. The molecule has 7 heteroatoms. The molecule has 0 radical (unpaired) electrons. The van der Waals surface area contributed by atoms with Gasteiger partial charge in [0.25, 0.3) is 5.91 Å². The number of anilines is 2. The van der Waals surface area contributed by atoms with E-state index in [4.69, 9.17) is 9.47 Å². The Morgan fingerprint density at radius 1 is 1.03 bits per heavy atom. The lowest BCUT2D eigenvalue weighted by Crippen LogP contribution is -2.31. The fourth-order valence-electron chi connectivity index (χ4n) is 2.44. The van der Waals surface area contributed by atoms with Gasteiger partial charge in [-0.2, -0.15) is 0 Å². The quantitative estimate of drug-likeness (QED) is 0.505. The second kappa shape index (κ2) is 11.7. The molecular formula is C22H29N3O4. The van der Waals surface area contributed by atoms with Crippen molar-refractivity contribution in [2.45, 2.75) is 26.3 Å². The average Bonchev–Trinajstić information content (AvgIpc) is 2.73. The minimum atomic E-state index is -0.187. The monoisotopic (exact) mass is 399 g/mol. The summed E-state index contributed by atoms with van der Waals surface area (Å²) in [6.45, 7) is 5.06. The van der Waals surface area contributed by atoms with Crippen LogP contribution in [0.15, 0.2) is 48.5 Å². The largest absolute Gasteiger partial charge is 0.491 e. The highest BCUT2D eigenvalue weighted by Crippen LogP contribution is 2.16. The molecule has 0 aliphatic rings. The molecule has 2 aromatic rings. The first kappa shape index (κ1) is 22.2. The van der Waals surface area contributed by atoms with Crippen LogP contribution >= 0.6 is 0 Å². The topological polar surface area (TPSA) is 88.7 Å². The van der Waals surface area contributed by atoms with E-state index in [1.165, 1.54) is 0 Å². The summed E-state index contributed by atoms with van der Waals surface area (Å²) in [5.74, 6) is 0.401. The van der Waals surface area contributed by atoms with Gasteiger partial charge in [0.1, 0.15) is 12.4 Å². The number of hydrogen-bond donors (Lipinski definition) is 3. The van der Waals surface area contributed by atoms with Gasteiger partial charge < -0.3 is 25.4 Å². The molecule has 1 unspecified atom stereocenters. The van der Waals surface area contributed by atoms with Crippen molar-refractivity contribution < 1.29 is 19.1 Å². The highest BCUT2D eigenvalue weighted by molar-refractivity contribution is 5.96. The van der Waals surface area contributed by atoms with Crippen LogP contribution in [-0.2, 0) is 9.53 Å². The maximum Gasteiger partial charge on any atom is 0.251 e. The molecule has 2 aromatic carbocycles. The lowest BCUT2D eigenvalue weighted by Gasteiger charge is -2.13. The number of hydrogen-bond acceptors (Lipinski definition) is 5. The van der Waals surface area contributed by atoms with E-state index in [2.05, 4.69) is 16.0 Å². The second-order valence-electron chi connectivity index (χ2n) is 6.63. The van der Waals surface area contributed by atoms with Crippen molar-refractivity contribution in [3.05, 3.63) is 54.1 Å². The third-order valence-electron chi connectivity index (χ3n) is 4.26. The van der Waals surface area contributed by atoms with Crippen molar-refractivity contribution in [3.63, 3.8) is 0 Å². The van der Waals surface area contributed by atoms with Gasteiger partial charge >= 0.3 is 0 Å². The average molecular weight is 399 g/mol. The Balaban J connectivity index is 1.83. The smallest absolute Gasteiger partial charge is 0.251 e. The highest BCUT2D eigenvalue weighted by atomic mass is 16.5. The van der Waals surface area contributed by atoms with Crippen molar-refractivity contribution in [2.24, 2.45) is 0 Å². The molecule has 156 valence electrons. The van der Waals surface area contributed by atoms with Gasteiger partial charge in [-0.05, 0) is 55.8 Å². The van der Waals surface area contributed by atoms with Crippen LogP contribution in [0.1, 0.15) is 30.6 Å². The molecule has 29 heavy (non-hydrogen) atoms. The molecule has 0 heterocycles. The second-order valence-corrected chi connectivity index (χ2v) is 6.63. The maximum absolute atomic E-state index is 12.2. The summed E-state index contributed by atoms with van der Waals surface area (Å²) in [5, 5.41) is 8.79. The first-order valence-electron chi connectivity index (χ1n) is 9.68. The van der Waals surface area contributed by atoms with Gasteiger partial charge in [-0.3, -0.25) is 9.59 Å². The number of nitrogens with one attached hydrogen (secondary N) is 3. The summed E-state index contributed by atoms with van der Waals surface area (Å²) in [6, 6.07) is 14.3. The zero-order valence-corrected chi connectivity index (χ0v) is 17.2. The third-order valence-corrected chi connectivity index (χ3v) is 4.26. The number of amides is 2. The molecule has 0 fully saturated rings. The molecular weight excluding hydrogens is 370 g/mol. The Kier molecular flexibility index (Phi) is 8.98. The molecule has 0 spiro atoms. The summed E-state index contributed by atoms with van der Waals surface area (Å²) < 4.78 is 10.4. The lowest BCUT2D eigenvalue weighted by molar-refractivity contribution is -0.114. The highest BCUT2D eigenvalue weighted by Gasteiger charge is 2.09. The van der Waals surface area contributed by atoms with E-state index in [0.29, 0.717) is 35.9 Å². The Morgan fingerprint density at radius 2 is 1.79 bits per heavy atom. The zero-order valence-electron chi connectivity index (χ0n) is 17.2. The van der Waals surface area contributed by atoms with Crippen molar-refractivity contribution in [2.75, 3.05) is 37.5 Å². The van der Waals surface area contributed by atoms with E-state index in [1.54, 1.807) is 49.6 Å². The molecule has 2 amide bonds. The maximum atomic E-state index is 12.2. The van der Waals surface area contributed by atoms with Crippen LogP contribution < -0.4 is 20.7 Å². The van der Waals surface area contributed by atoms with Crippen molar-refractivity contribution in [1.29, 1.82) is 0 Å². The Labute approximate surface area is 171 Å². The molecule has 1 atom stereocenters. The fraction of sp³-hybridized carbons (Fsp3) is 0.364. The van der Waals surface area contributed by atoms with Crippen LogP contribution in [0, 0.1) is 0 Å². The number of ether oxygens (including phenoxy) is 2. The van der Waals surface area contributed by atoms with Crippen molar-refractivity contribution >= 4 is 23.2 Å². The van der Waals surface area contributed by atoms with E-state index in [-0.39, 0.29) is 24.4 Å². The van der Waals surface area contributed by atoms with E-state index < -0.39 is 0 Å². The van der Waals surface area contributed by atoms with Gasteiger partial charge in [-0.1, -0.05) is 13.0 Å². The van der Waals surface area contributed by atoms with E-state index >= 15 is 0 Å². The SMILES string of the molecule is CCC(C)NC(=O)c1cccc(NCC(=O)Nc2ccc(OCCOC)cc2)c1. The number of benzene rings is 2. The number of rotatable bonds is 11. The van der Waals surface area contributed by atoms with Gasteiger partial charge in [0.15, 0.2) is 0 Å². The van der Waals surface area contributed by atoms with Crippen LogP contribution in [0.3, 0.4) is 0 Å². The molecule has 0 bridgehead atoms. The molecule has 3 N–H and O–H groups in total.